The standard InChI is InChI=1S/C11H11ClO2/c1-6-5-9-10(7(2)11(6)12)8(13)3-4-14-9/h5H,3-4H2,1-2H3. The maximum atomic E-state index is 11.6. The summed E-state index contributed by atoms with van der Waals surface area (Å²) in [5.74, 6) is 0.811. The van der Waals surface area contributed by atoms with Crippen molar-refractivity contribution in [1.29, 1.82) is 0 Å². The molecule has 0 saturated heterocycles. The lowest BCUT2D eigenvalue weighted by atomic mass is 9.97. The van der Waals surface area contributed by atoms with E-state index < -0.39 is 0 Å². The number of ketones is 1. The molecular weight excluding hydrogens is 200 g/mol. The van der Waals surface area contributed by atoms with Crippen LogP contribution in [-0.2, 0) is 0 Å². The summed E-state index contributed by atoms with van der Waals surface area (Å²) in [6, 6.07) is 1.84. The van der Waals surface area contributed by atoms with Crippen molar-refractivity contribution in [2.45, 2.75) is 20.3 Å². The van der Waals surface area contributed by atoms with Crippen LogP contribution in [0, 0.1) is 13.8 Å². The summed E-state index contributed by atoms with van der Waals surface area (Å²) in [5, 5.41) is 0.669. The van der Waals surface area contributed by atoms with Gasteiger partial charge < -0.3 is 4.74 Å². The molecule has 0 N–H and O–H groups in total. The predicted octanol–water partition coefficient (Wildman–Crippen LogP) is 2.92. The van der Waals surface area contributed by atoms with Gasteiger partial charge in [-0.1, -0.05) is 11.6 Å². The van der Waals surface area contributed by atoms with Crippen LogP contribution < -0.4 is 4.74 Å². The highest BCUT2D eigenvalue weighted by molar-refractivity contribution is 6.32. The van der Waals surface area contributed by atoms with Gasteiger partial charge in [-0.3, -0.25) is 4.79 Å². The zero-order valence-electron chi connectivity index (χ0n) is 8.19. The molecule has 1 aliphatic heterocycles. The van der Waals surface area contributed by atoms with Gasteiger partial charge in [-0.15, -0.1) is 0 Å². The first-order valence-corrected chi connectivity index (χ1v) is 4.94. The van der Waals surface area contributed by atoms with Gasteiger partial charge in [0.1, 0.15) is 5.75 Å². The number of aryl methyl sites for hydroxylation is 1. The fraction of sp³-hybridized carbons (Fsp3) is 0.364. The maximum Gasteiger partial charge on any atom is 0.170 e. The molecule has 1 aromatic carbocycles. The van der Waals surface area contributed by atoms with Crippen molar-refractivity contribution < 1.29 is 9.53 Å². The van der Waals surface area contributed by atoms with E-state index in [1.54, 1.807) is 0 Å². The van der Waals surface area contributed by atoms with Gasteiger partial charge in [0.15, 0.2) is 5.78 Å². The van der Waals surface area contributed by atoms with E-state index in [2.05, 4.69) is 0 Å². The Kier molecular flexibility index (Phi) is 2.23. The summed E-state index contributed by atoms with van der Waals surface area (Å²) in [6.45, 7) is 4.26. The highest BCUT2D eigenvalue weighted by atomic mass is 35.5. The van der Waals surface area contributed by atoms with Crippen molar-refractivity contribution in [2.24, 2.45) is 0 Å². The van der Waals surface area contributed by atoms with Crippen LogP contribution in [0.1, 0.15) is 27.9 Å². The van der Waals surface area contributed by atoms with Gasteiger partial charge >= 0.3 is 0 Å². The number of hydrogen-bond donors (Lipinski definition) is 0. The Morgan fingerprint density at radius 1 is 1.43 bits per heavy atom. The fourth-order valence-corrected chi connectivity index (χ4v) is 1.91. The second-order valence-electron chi connectivity index (χ2n) is 3.53. The molecule has 2 rings (SSSR count). The maximum absolute atomic E-state index is 11.6. The largest absolute Gasteiger partial charge is 0.492 e. The molecule has 1 heterocycles. The summed E-state index contributed by atoms with van der Waals surface area (Å²) in [7, 11) is 0. The highest BCUT2D eigenvalue weighted by Gasteiger charge is 2.22. The smallest absolute Gasteiger partial charge is 0.170 e. The van der Waals surface area contributed by atoms with Crippen LogP contribution in [0.25, 0.3) is 0 Å². The number of carbonyl (C=O) groups is 1. The van der Waals surface area contributed by atoms with Crippen LogP contribution >= 0.6 is 11.6 Å². The minimum Gasteiger partial charge on any atom is -0.492 e. The number of hydrogen-bond acceptors (Lipinski definition) is 2. The number of rotatable bonds is 0. The minimum absolute atomic E-state index is 0.130. The van der Waals surface area contributed by atoms with Crippen LogP contribution in [0.3, 0.4) is 0 Å². The van der Waals surface area contributed by atoms with E-state index in [0.717, 1.165) is 11.1 Å². The highest BCUT2D eigenvalue weighted by Crippen LogP contribution is 2.34. The monoisotopic (exact) mass is 210 g/mol. The number of carbonyl (C=O) groups excluding carboxylic acids is 1. The Labute approximate surface area is 87.8 Å². The van der Waals surface area contributed by atoms with Crippen molar-refractivity contribution in [2.75, 3.05) is 6.61 Å². The van der Waals surface area contributed by atoms with Gasteiger partial charge in [-0.2, -0.15) is 0 Å². The zero-order valence-corrected chi connectivity index (χ0v) is 8.94. The number of Topliss-reactive ketones (excluding diaryl/α,β-unsaturated/α-hetero) is 1. The Balaban J connectivity index is 2.70. The normalized spacial score (nSPS) is 14.9. The van der Waals surface area contributed by atoms with E-state index in [1.807, 2.05) is 19.9 Å². The third-order valence-electron chi connectivity index (χ3n) is 2.51. The van der Waals surface area contributed by atoms with Crippen molar-refractivity contribution in [3.63, 3.8) is 0 Å². The van der Waals surface area contributed by atoms with E-state index in [1.165, 1.54) is 0 Å². The lowest BCUT2D eigenvalue weighted by Crippen LogP contribution is -2.17. The van der Waals surface area contributed by atoms with Crippen molar-refractivity contribution >= 4 is 17.4 Å². The molecule has 0 spiro atoms. The number of benzene rings is 1. The molecule has 0 fully saturated rings. The van der Waals surface area contributed by atoms with E-state index >= 15 is 0 Å². The third-order valence-corrected chi connectivity index (χ3v) is 3.09. The zero-order chi connectivity index (χ0) is 10.3. The average molecular weight is 211 g/mol. The second-order valence-corrected chi connectivity index (χ2v) is 3.91. The molecule has 0 radical (unpaired) electrons. The fourth-order valence-electron chi connectivity index (χ4n) is 1.76. The van der Waals surface area contributed by atoms with E-state index in [-0.39, 0.29) is 5.78 Å². The van der Waals surface area contributed by atoms with Crippen LogP contribution in [0.4, 0.5) is 0 Å². The van der Waals surface area contributed by atoms with E-state index in [9.17, 15) is 4.79 Å². The topological polar surface area (TPSA) is 26.3 Å². The molecule has 0 aromatic heterocycles. The molecule has 3 heteroatoms. The number of halogens is 1. The molecule has 1 aliphatic rings. The Morgan fingerprint density at radius 2 is 2.14 bits per heavy atom. The van der Waals surface area contributed by atoms with Crippen molar-refractivity contribution in [3.05, 3.63) is 27.8 Å². The average Bonchev–Trinajstić information content (AvgIpc) is 2.14. The summed E-state index contributed by atoms with van der Waals surface area (Å²) in [6.07, 6.45) is 0.452. The van der Waals surface area contributed by atoms with Gasteiger partial charge in [-0.25, -0.2) is 0 Å². The first kappa shape index (κ1) is 9.53. The molecule has 2 nitrogen and oxygen atoms in total. The summed E-state index contributed by atoms with van der Waals surface area (Å²) < 4.78 is 5.43. The van der Waals surface area contributed by atoms with Crippen LogP contribution in [0.15, 0.2) is 6.07 Å². The number of ether oxygens (including phenoxy) is 1. The van der Waals surface area contributed by atoms with Crippen LogP contribution in [-0.4, -0.2) is 12.4 Å². The van der Waals surface area contributed by atoms with Crippen LogP contribution in [0.5, 0.6) is 5.75 Å². The minimum atomic E-state index is 0.130. The van der Waals surface area contributed by atoms with Gasteiger partial charge in [0.2, 0.25) is 0 Å². The van der Waals surface area contributed by atoms with Crippen molar-refractivity contribution in [3.8, 4) is 5.75 Å². The Morgan fingerprint density at radius 3 is 2.86 bits per heavy atom. The molecule has 74 valence electrons. The van der Waals surface area contributed by atoms with E-state index in [4.69, 9.17) is 16.3 Å². The quantitative estimate of drug-likeness (QED) is 0.658. The first-order valence-electron chi connectivity index (χ1n) is 4.57. The Hall–Kier alpha value is -1.02. The molecular formula is C11H11ClO2. The summed E-state index contributed by atoms with van der Waals surface area (Å²) >= 11 is 6.07. The molecule has 0 atom stereocenters. The Bertz CT molecular complexity index is 410. The SMILES string of the molecule is Cc1cc2c(c(C)c1Cl)C(=O)CCO2. The third kappa shape index (κ3) is 1.30. The first-order chi connectivity index (χ1) is 6.61. The van der Waals surface area contributed by atoms with Gasteiger partial charge in [0.05, 0.1) is 12.2 Å². The number of fused-ring (bicyclic) bond motifs is 1. The molecule has 1 aromatic rings. The summed E-state index contributed by atoms with van der Waals surface area (Å²) in [4.78, 5) is 11.6. The predicted molar refractivity (Wildman–Crippen MR) is 55.4 cm³/mol. The molecule has 0 bridgehead atoms. The van der Waals surface area contributed by atoms with Gasteiger partial charge in [0.25, 0.3) is 0 Å². The summed E-state index contributed by atoms with van der Waals surface area (Å²) in [5.41, 5.74) is 2.45. The second kappa shape index (κ2) is 3.28. The molecule has 0 saturated carbocycles. The molecule has 0 unspecified atom stereocenters. The molecule has 0 amide bonds. The van der Waals surface area contributed by atoms with Crippen molar-refractivity contribution in [1.82, 2.24) is 0 Å². The van der Waals surface area contributed by atoms with E-state index in [0.29, 0.717) is 29.4 Å². The van der Waals surface area contributed by atoms with Crippen LogP contribution in [0.2, 0.25) is 5.02 Å². The van der Waals surface area contributed by atoms with Gasteiger partial charge in [0, 0.05) is 11.4 Å². The molecule has 0 aliphatic carbocycles. The molecule has 14 heavy (non-hydrogen) atoms. The lowest BCUT2D eigenvalue weighted by Gasteiger charge is -2.19. The lowest BCUT2D eigenvalue weighted by molar-refractivity contribution is 0.0932. The van der Waals surface area contributed by atoms with Gasteiger partial charge in [-0.05, 0) is 31.0 Å².